The van der Waals surface area contributed by atoms with Gasteiger partial charge >= 0.3 is 6.18 Å². The molecule has 1 unspecified atom stereocenters. The molecule has 3 aromatic rings. The van der Waals surface area contributed by atoms with Crippen LogP contribution in [0.1, 0.15) is 51.9 Å². The smallest absolute Gasteiger partial charge is 0.364 e. The minimum Gasteiger partial charge on any atom is -0.364 e. The monoisotopic (exact) mass is 538 g/mol. The van der Waals surface area contributed by atoms with Crippen molar-refractivity contribution in [1.29, 1.82) is 0 Å². The van der Waals surface area contributed by atoms with Crippen LogP contribution in [0.4, 0.5) is 24.5 Å². The molecule has 0 bridgehead atoms. The normalized spacial score (nSPS) is 18.9. The maximum Gasteiger partial charge on any atom is 0.416 e. The fourth-order valence-electron chi connectivity index (χ4n) is 5.45. The number of hydrogen-bond donors (Lipinski definition) is 1. The number of benzene rings is 2. The van der Waals surface area contributed by atoms with E-state index < -0.39 is 17.6 Å². The summed E-state index contributed by atoms with van der Waals surface area (Å²) in [6.07, 6.45) is 1.46. The van der Waals surface area contributed by atoms with E-state index in [1.807, 2.05) is 12.1 Å². The minimum absolute atomic E-state index is 0.144. The number of likely N-dealkylation sites (N-methyl/N-ethyl adjacent to an activating group) is 1. The molecule has 3 heterocycles. The molecular formula is C29H33F3N6O. The number of carbonyl (C=O) groups is 1. The number of nitrogens with zero attached hydrogens (tertiary/aromatic N) is 5. The largest absolute Gasteiger partial charge is 0.416 e. The summed E-state index contributed by atoms with van der Waals surface area (Å²) in [4.78, 5) is 28.0. The first-order valence-electron chi connectivity index (χ1n) is 13.2. The number of anilines is 2. The van der Waals surface area contributed by atoms with Crippen molar-refractivity contribution in [1.82, 2.24) is 19.8 Å². The molecule has 1 amide bonds. The number of hydrogen-bond acceptors (Lipinski definition) is 6. The lowest BCUT2D eigenvalue weighted by molar-refractivity contribution is -0.137. The van der Waals surface area contributed by atoms with E-state index in [1.165, 1.54) is 12.4 Å². The first-order valence-corrected chi connectivity index (χ1v) is 13.2. The fourth-order valence-corrected chi connectivity index (χ4v) is 5.45. The van der Waals surface area contributed by atoms with Gasteiger partial charge in [-0.05, 0) is 79.5 Å². The molecule has 2 aromatic carbocycles. The van der Waals surface area contributed by atoms with E-state index in [4.69, 9.17) is 0 Å². The van der Waals surface area contributed by atoms with Gasteiger partial charge in [-0.1, -0.05) is 13.0 Å². The second-order valence-electron chi connectivity index (χ2n) is 10.6. The molecule has 39 heavy (non-hydrogen) atoms. The Bertz CT molecular complexity index is 1320. The molecule has 2 aliphatic heterocycles. The molecule has 1 saturated heterocycles. The van der Waals surface area contributed by atoms with Gasteiger partial charge in [0.2, 0.25) is 0 Å². The Morgan fingerprint density at radius 1 is 1.05 bits per heavy atom. The second-order valence-corrected chi connectivity index (χ2v) is 10.6. The summed E-state index contributed by atoms with van der Waals surface area (Å²) < 4.78 is 41.3. The third-order valence-corrected chi connectivity index (χ3v) is 7.50. The van der Waals surface area contributed by atoms with Crippen LogP contribution in [-0.2, 0) is 19.3 Å². The highest BCUT2D eigenvalue weighted by Gasteiger charge is 2.32. The lowest BCUT2D eigenvalue weighted by atomic mass is 9.89. The highest BCUT2D eigenvalue weighted by molar-refractivity contribution is 6.04. The summed E-state index contributed by atoms with van der Waals surface area (Å²) in [5.41, 5.74) is 3.38. The predicted octanol–water partition coefficient (Wildman–Crippen LogP) is 5.01. The molecule has 2 aliphatic rings. The molecule has 0 aliphatic carbocycles. The van der Waals surface area contributed by atoms with E-state index in [0.29, 0.717) is 24.2 Å². The van der Waals surface area contributed by atoms with Crippen molar-refractivity contribution in [3.63, 3.8) is 0 Å². The van der Waals surface area contributed by atoms with E-state index in [1.54, 1.807) is 24.5 Å². The molecule has 1 atom stereocenters. The molecule has 10 heteroatoms. The molecule has 1 fully saturated rings. The Hall–Kier alpha value is -3.50. The predicted molar refractivity (Wildman–Crippen MR) is 145 cm³/mol. The minimum atomic E-state index is -4.51. The summed E-state index contributed by atoms with van der Waals surface area (Å²) in [6, 6.07) is 9.37. The van der Waals surface area contributed by atoms with Gasteiger partial charge in [0.05, 0.1) is 23.6 Å². The molecule has 206 valence electrons. The van der Waals surface area contributed by atoms with Crippen molar-refractivity contribution < 1.29 is 18.0 Å². The van der Waals surface area contributed by atoms with Crippen LogP contribution in [0.2, 0.25) is 0 Å². The average molecular weight is 539 g/mol. The second kappa shape index (κ2) is 11.3. The summed E-state index contributed by atoms with van der Waals surface area (Å²) in [5.74, 6) is -0.205. The van der Waals surface area contributed by atoms with Crippen LogP contribution in [0.5, 0.6) is 0 Å². The standard InChI is InChI=1S/C29H33F3N6O/c1-20-16-38(26-14-33-19-34-15-26)18-23-12-22(4-5-27(20)23)28(39)35-25-11-21(10-24(13-25)29(30,31)32)17-37-7-3-6-36(2)8-9-37/h4-5,10-15,19-20H,3,6-9,16-18H2,1-2H3,(H,35,39). The van der Waals surface area contributed by atoms with Gasteiger partial charge in [-0.3, -0.25) is 9.69 Å². The van der Waals surface area contributed by atoms with Gasteiger partial charge in [0, 0.05) is 44.0 Å². The van der Waals surface area contributed by atoms with Gasteiger partial charge in [0.25, 0.3) is 5.91 Å². The van der Waals surface area contributed by atoms with E-state index in [0.717, 1.165) is 62.0 Å². The Morgan fingerprint density at radius 3 is 2.62 bits per heavy atom. The van der Waals surface area contributed by atoms with Crippen molar-refractivity contribution in [3.8, 4) is 0 Å². The van der Waals surface area contributed by atoms with E-state index in [9.17, 15) is 18.0 Å². The zero-order valence-corrected chi connectivity index (χ0v) is 22.2. The Balaban J connectivity index is 1.36. The number of carbonyl (C=O) groups excluding carboxylic acids is 1. The third-order valence-electron chi connectivity index (χ3n) is 7.50. The maximum atomic E-state index is 13.8. The van der Waals surface area contributed by atoms with Crippen LogP contribution in [0, 0.1) is 0 Å². The first kappa shape index (κ1) is 27.1. The highest BCUT2D eigenvalue weighted by atomic mass is 19.4. The Labute approximate surface area is 226 Å². The van der Waals surface area contributed by atoms with Crippen LogP contribution in [-0.4, -0.2) is 65.4 Å². The molecule has 5 rings (SSSR count). The summed E-state index contributed by atoms with van der Waals surface area (Å²) in [5, 5.41) is 2.73. The number of halogens is 3. The van der Waals surface area contributed by atoms with Gasteiger partial charge in [-0.2, -0.15) is 13.2 Å². The first-order chi connectivity index (χ1) is 18.7. The molecule has 0 spiro atoms. The highest BCUT2D eigenvalue weighted by Crippen LogP contribution is 2.34. The fraction of sp³-hybridized carbons (Fsp3) is 0.414. The lowest BCUT2D eigenvalue weighted by Gasteiger charge is -2.34. The molecule has 0 radical (unpaired) electrons. The van der Waals surface area contributed by atoms with Crippen LogP contribution >= 0.6 is 0 Å². The third kappa shape index (κ3) is 6.57. The average Bonchev–Trinajstić information content (AvgIpc) is 3.11. The van der Waals surface area contributed by atoms with Gasteiger partial charge in [-0.15, -0.1) is 0 Å². The van der Waals surface area contributed by atoms with Crippen molar-refractivity contribution in [2.75, 3.05) is 50.0 Å². The van der Waals surface area contributed by atoms with Gasteiger partial charge in [-0.25, -0.2) is 9.97 Å². The topological polar surface area (TPSA) is 64.6 Å². The Morgan fingerprint density at radius 2 is 1.85 bits per heavy atom. The van der Waals surface area contributed by atoms with Gasteiger partial charge in [0.15, 0.2) is 0 Å². The number of nitrogens with one attached hydrogen (secondary N) is 1. The molecule has 1 aromatic heterocycles. The van der Waals surface area contributed by atoms with Crippen molar-refractivity contribution in [2.24, 2.45) is 0 Å². The number of aromatic nitrogens is 2. The molecular weight excluding hydrogens is 505 g/mol. The molecule has 0 saturated carbocycles. The number of fused-ring (bicyclic) bond motifs is 1. The zero-order valence-electron chi connectivity index (χ0n) is 22.2. The van der Waals surface area contributed by atoms with E-state index in [2.05, 4.69) is 44.0 Å². The summed E-state index contributed by atoms with van der Waals surface area (Å²) in [6.45, 7) is 7.36. The van der Waals surface area contributed by atoms with Crippen molar-refractivity contribution in [3.05, 3.63) is 82.9 Å². The summed E-state index contributed by atoms with van der Waals surface area (Å²) in [7, 11) is 2.05. The number of alkyl halides is 3. The van der Waals surface area contributed by atoms with Crippen molar-refractivity contribution >= 4 is 17.3 Å². The van der Waals surface area contributed by atoms with E-state index in [-0.39, 0.29) is 11.6 Å². The quantitative estimate of drug-likeness (QED) is 0.493. The summed E-state index contributed by atoms with van der Waals surface area (Å²) >= 11 is 0. The number of amides is 1. The van der Waals surface area contributed by atoms with E-state index >= 15 is 0 Å². The maximum absolute atomic E-state index is 13.8. The molecule has 7 nitrogen and oxygen atoms in total. The lowest BCUT2D eigenvalue weighted by Crippen LogP contribution is -2.33. The Kier molecular flexibility index (Phi) is 7.86. The van der Waals surface area contributed by atoms with Crippen LogP contribution in [0.25, 0.3) is 0 Å². The van der Waals surface area contributed by atoms with Gasteiger partial charge in [0.1, 0.15) is 6.33 Å². The van der Waals surface area contributed by atoms with Crippen LogP contribution in [0.3, 0.4) is 0 Å². The van der Waals surface area contributed by atoms with Crippen LogP contribution < -0.4 is 10.2 Å². The molecule has 1 N–H and O–H groups in total. The van der Waals surface area contributed by atoms with Crippen molar-refractivity contribution in [2.45, 2.75) is 38.5 Å². The SMILES string of the molecule is CC1CN(c2cncnc2)Cc2cc(C(=O)Nc3cc(CN4CCCN(C)CC4)cc(C(F)(F)F)c3)ccc21. The number of rotatable bonds is 5. The zero-order chi connectivity index (χ0) is 27.6. The van der Waals surface area contributed by atoms with Crippen LogP contribution in [0.15, 0.2) is 55.1 Å². The van der Waals surface area contributed by atoms with Gasteiger partial charge < -0.3 is 15.1 Å².